The number of carbonyl (C=O) groups is 2. The van der Waals surface area contributed by atoms with Gasteiger partial charge in [-0.1, -0.05) is 73.3 Å². The van der Waals surface area contributed by atoms with Gasteiger partial charge in [0, 0.05) is 36.0 Å². The Kier molecular flexibility index (Phi) is 12.4. The highest BCUT2D eigenvalue weighted by Gasteiger charge is 2.40. The summed E-state index contributed by atoms with van der Waals surface area (Å²) in [6.45, 7) is 14.3. The summed E-state index contributed by atoms with van der Waals surface area (Å²) in [5.41, 5.74) is 3.01. The Labute approximate surface area is 272 Å². The van der Waals surface area contributed by atoms with Crippen molar-refractivity contribution in [3.63, 3.8) is 0 Å². The maximum Gasteiger partial charge on any atom is 0.337 e. The molecule has 1 aliphatic rings. The monoisotopic (exact) mass is 627 g/mol. The van der Waals surface area contributed by atoms with Crippen molar-refractivity contribution in [1.29, 1.82) is 0 Å². The summed E-state index contributed by atoms with van der Waals surface area (Å²) in [5, 5.41) is 14.7. The first-order chi connectivity index (χ1) is 21.8. The minimum Gasteiger partial charge on any atom is -0.466 e. The van der Waals surface area contributed by atoms with Gasteiger partial charge in [-0.3, -0.25) is 10.1 Å². The van der Waals surface area contributed by atoms with E-state index in [9.17, 15) is 19.7 Å². The lowest BCUT2D eigenvalue weighted by Gasteiger charge is -2.34. The highest BCUT2D eigenvalue weighted by Crippen LogP contribution is 2.40. The molecule has 2 unspecified atom stereocenters. The minimum absolute atomic E-state index is 0.131. The first-order valence-corrected chi connectivity index (χ1v) is 15.3. The van der Waals surface area contributed by atoms with Crippen LogP contribution >= 0.6 is 0 Å². The number of dihydropyridines is 1. The summed E-state index contributed by atoms with van der Waals surface area (Å²) >= 11 is 0. The van der Waals surface area contributed by atoms with E-state index in [0.717, 1.165) is 18.5 Å². The number of esters is 2. The predicted octanol–water partition coefficient (Wildman–Crippen LogP) is 7.12. The fourth-order valence-corrected chi connectivity index (χ4v) is 5.96. The van der Waals surface area contributed by atoms with Crippen LogP contribution in [0.4, 0.5) is 5.69 Å². The molecule has 9 nitrogen and oxygen atoms in total. The summed E-state index contributed by atoms with van der Waals surface area (Å²) in [6.07, 6.45) is 8.80. The van der Waals surface area contributed by atoms with Gasteiger partial charge in [0.25, 0.3) is 5.69 Å². The van der Waals surface area contributed by atoms with Gasteiger partial charge in [-0.25, -0.2) is 9.59 Å². The van der Waals surface area contributed by atoms with E-state index in [1.165, 1.54) is 30.9 Å². The van der Waals surface area contributed by atoms with Gasteiger partial charge in [0.05, 0.1) is 29.1 Å². The maximum absolute atomic E-state index is 14.0. The van der Waals surface area contributed by atoms with Crippen LogP contribution in [0.25, 0.3) is 0 Å². The molecule has 0 saturated heterocycles. The van der Waals surface area contributed by atoms with Crippen LogP contribution in [-0.2, 0) is 19.1 Å². The van der Waals surface area contributed by atoms with Crippen LogP contribution in [0.1, 0.15) is 64.0 Å². The van der Waals surface area contributed by atoms with Gasteiger partial charge in [-0.15, -0.1) is 0 Å². The fourth-order valence-electron chi connectivity index (χ4n) is 5.96. The molecule has 0 amide bonds. The van der Waals surface area contributed by atoms with Crippen molar-refractivity contribution in [3.05, 3.63) is 135 Å². The zero-order chi connectivity index (χ0) is 34.0. The van der Waals surface area contributed by atoms with Crippen molar-refractivity contribution in [1.82, 2.24) is 10.2 Å². The Bertz CT molecular complexity index is 1570. The lowest BCUT2D eigenvalue weighted by molar-refractivity contribution is -0.384. The van der Waals surface area contributed by atoms with E-state index in [2.05, 4.69) is 35.0 Å². The van der Waals surface area contributed by atoms with Crippen molar-refractivity contribution in [3.8, 4) is 0 Å². The van der Waals surface area contributed by atoms with E-state index in [0.29, 0.717) is 23.5 Å². The molecular weight excluding hydrogens is 582 g/mol. The van der Waals surface area contributed by atoms with E-state index in [4.69, 9.17) is 9.47 Å². The number of nitro benzene ring substituents is 1. The molecule has 0 aromatic heterocycles. The Hall–Kier alpha value is -4.76. The molecule has 9 heteroatoms. The highest BCUT2D eigenvalue weighted by molar-refractivity contribution is 6.00. The van der Waals surface area contributed by atoms with Crippen LogP contribution in [0.3, 0.4) is 0 Å². The summed E-state index contributed by atoms with van der Waals surface area (Å²) in [6, 6.07) is 16.2. The van der Waals surface area contributed by atoms with Crippen molar-refractivity contribution < 1.29 is 24.0 Å². The zero-order valence-corrected chi connectivity index (χ0v) is 27.8. The molecular formula is C37H45N3O6. The average Bonchev–Trinajstić information content (AvgIpc) is 3.01. The topological polar surface area (TPSA) is 111 Å². The van der Waals surface area contributed by atoms with Crippen LogP contribution in [0.5, 0.6) is 0 Å². The lowest BCUT2D eigenvalue weighted by Crippen LogP contribution is -2.42. The molecule has 0 aliphatic carbocycles. The number of hydrogen-bond donors (Lipinski definition) is 1. The van der Waals surface area contributed by atoms with E-state index in [1.807, 2.05) is 64.2 Å². The molecule has 0 radical (unpaired) electrons. The molecule has 2 aromatic carbocycles. The quantitative estimate of drug-likeness (QED) is 0.102. The fraction of sp³-hybridized carbons (Fsp3) is 0.351. The van der Waals surface area contributed by atoms with Gasteiger partial charge >= 0.3 is 11.9 Å². The number of non-ortho nitro benzene ring substituents is 1. The SMILES string of the molecule is C=C/C(=C\C=C/C)C(CCN(C)CC(C)(C)OC(=O)C1=C(C)NC(C)=C(C(=O)OC)C1c1cccc([N+](=O)[O-])c1)c1ccccc1. The molecule has 244 valence electrons. The number of nitrogens with one attached hydrogen (secondary N) is 1. The van der Waals surface area contributed by atoms with Crippen molar-refractivity contribution >= 4 is 17.6 Å². The molecule has 2 aromatic rings. The van der Waals surface area contributed by atoms with Gasteiger partial charge < -0.3 is 19.7 Å². The van der Waals surface area contributed by atoms with E-state index in [-0.39, 0.29) is 22.8 Å². The van der Waals surface area contributed by atoms with E-state index >= 15 is 0 Å². The predicted molar refractivity (Wildman–Crippen MR) is 181 cm³/mol. The van der Waals surface area contributed by atoms with Gasteiger partial charge in [0.2, 0.25) is 0 Å². The molecule has 3 rings (SSSR count). The molecule has 0 bridgehead atoms. The van der Waals surface area contributed by atoms with Crippen LogP contribution in [0.2, 0.25) is 0 Å². The summed E-state index contributed by atoms with van der Waals surface area (Å²) in [4.78, 5) is 40.2. The number of methoxy groups -OCH3 is 1. The second-order valence-electron chi connectivity index (χ2n) is 12.0. The second kappa shape index (κ2) is 16.0. The number of allylic oxidation sites excluding steroid dienone is 7. The summed E-state index contributed by atoms with van der Waals surface area (Å²) in [5.74, 6) is -2.07. The van der Waals surface area contributed by atoms with E-state index in [1.54, 1.807) is 19.9 Å². The Morgan fingerprint density at radius 2 is 1.74 bits per heavy atom. The third kappa shape index (κ3) is 8.91. The summed E-state index contributed by atoms with van der Waals surface area (Å²) in [7, 11) is 3.24. The molecule has 1 heterocycles. The molecule has 1 N–H and O–H groups in total. The van der Waals surface area contributed by atoms with E-state index < -0.39 is 28.4 Å². The number of nitro groups is 1. The number of likely N-dealkylation sites (N-methyl/N-ethyl adjacent to an activating group) is 1. The van der Waals surface area contributed by atoms with Crippen molar-refractivity contribution in [2.75, 3.05) is 27.2 Å². The molecule has 0 saturated carbocycles. The Balaban J connectivity index is 1.85. The molecule has 0 fully saturated rings. The number of nitrogens with zero attached hydrogens (tertiary/aromatic N) is 2. The van der Waals surface area contributed by atoms with Gasteiger partial charge in [-0.05, 0) is 71.3 Å². The first kappa shape index (κ1) is 35.7. The van der Waals surface area contributed by atoms with Crippen LogP contribution in [-0.4, -0.2) is 54.6 Å². The number of hydrogen-bond acceptors (Lipinski definition) is 8. The Morgan fingerprint density at radius 1 is 1.09 bits per heavy atom. The molecule has 46 heavy (non-hydrogen) atoms. The maximum atomic E-state index is 14.0. The largest absolute Gasteiger partial charge is 0.466 e. The normalized spacial score (nSPS) is 16.3. The molecule has 2 atom stereocenters. The summed E-state index contributed by atoms with van der Waals surface area (Å²) < 4.78 is 11.2. The standard InChI is InChI=1S/C37H45N3O6/c1-9-11-16-27(10-2)31(28-17-13-12-14-18-28)21-22-39(7)24-37(5,6)46-36(42)33-26(4)38-25(3)32(35(41)45-8)34(33)29-19-15-20-30(23-29)40(43)44/h9-20,23,31,34,38H,2,21-22,24H2,1,3-8H3/b11-9-,27-16+. The third-order valence-corrected chi connectivity index (χ3v) is 7.94. The van der Waals surface area contributed by atoms with Crippen LogP contribution in [0, 0.1) is 10.1 Å². The average molecular weight is 628 g/mol. The number of ether oxygens (including phenoxy) is 2. The minimum atomic E-state index is -0.928. The lowest BCUT2D eigenvalue weighted by atomic mass is 9.80. The van der Waals surface area contributed by atoms with Crippen LogP contribution < -0.4 is 5.32 Å². The van der Waals surface area contributed by atoms with Crippen LogP contribution in [0.15, 0.2) is 114 Å². The van der Waals surface area contributed by atoms with Gasteiger partial charge in [0.15, 0.2) is 0 Å². The smallest absolute Gasteiger partial charge is 0.337 e. The van der Waals surface area contributed by atoms with Gasteiger partial charge in [-0.2, -0.15) is 0 Å². The molecule has 1 aliphatic heterocycles. The second-order valence-corrected chi connectivity index (χ2v) is 12.0. The number of rotatable bonds is 14. The number of benzene rings is 2. The Morgan fingerprint density at radius 3 is 2.33 bits per heavy atom. The first-order valence-electron chi connectivity index (χ1n) is 15.3. The van der Waals surface area contributed by atoms with Crippen molar-refractivity contribution in [2.45, 2.75) is 58.5 Å². The van der Waals surface area contributed by atoms with Gasteiger partial charge in [0.1, 0.15) is 5.60 Å². The third-order valence-electron chi connectivity index (χ3n) is 7.94. The highest BCUT2D eigenvalue weighted by atomic mass is 16.6. The number of carbonyl (C=O) groups excluding carboxylic acids is 2. The zero-order valence-electron chi connectivity index (χ0n) is 27.8. The van der Waals surface area contributed by atoms with Crippen molar-refractivity contribution in [2.24, 2.45) is 0 Å². The molecule has 0 spiro atoms.